The van der Waals surface area contributed by atoms with Gasteiger partial charge in [-0.15, -0.1) is 0 Å². The molecule has 0 aliphatic carbocycles. The molecule has 2 atom stereocenters. The number of aromatic nitrogens is 3. The normalized spacial score (nSPS) is 13.5. The minimum absolute atomic E-state index is 0.00849. The number of hydrogen-bond acceptors (Lipinski definition) is 3. The average molecular weight is 273 g/mol. The second-order valence-electron chi connectivity index (χ2n) is 4.72. The minimum atomic E-state index is -0.206. The molecule has 6 heteroatoms. The molecule has 0 radical (unpaired) electrons. The Morgan fingerprint density at radius 1 is 1.25 bits per heavy atom. The van der Waals surface area contributed by atoms with Crippen LogP contribution in [0.2, 0.25) is 0 Å². The number of amides is 2. The van der Waals surface area contributed by atoms with Gasteiger partial charge < -0.3 is 10.6 Å². The predicted octanol–water partition coefficient (Wildman–Crippen LogP) is 1.73. The van der Waals surface area contributed by atoms with Gasteiger partial charge in [-0.25, -0.2) is 4.79 Å². The van der Waals surface area contributed by atoms with Gasteiger partial charge in [-0.05, 0) is 32.0 Å². The Morgan fingerprint density at radius 3 is 2.75 bits per heavy atom. The first-order valence-electron chi connectivity index (χ1n) is 6.60. The quantitative estimate of drug-likeness (QED) is 0.871. The van der Waals surface area contributed by atoms with E-state index in [9.17, 15) is 4.79 Å². The minimum Gasteiger partial charge on any atom is -0.334 e. The van der Waals surface area contributed by atoms with Crippen LogP contribution in [0.4, 0.5) is 4.79 Å². The van der Waals surface area contributed by atoms with E-state index < -0.39 is 0 Å². The molecular formula is C14H19N5O. The largest absolute Gasteiger partial charge is 0.334 e. The van der Waals surface area contributed by atoms with Crippen molar-refractivity contribution in [3.05, 3.63) is 48.5 Å². The summed E-state index contributed by atoms with van der Waals surface area (Å²) in [5.74, 6) is 0. The van der Waals surface area contributed by atoms with Crippen molar-refractivity contribution < 1.29 is 4.79 Å². The predicted molar refractivity (Wildman–Crippen MR) is 76.0 cm³/mol. The zero-order valence-electron chi connectivity index (χ0n) is 11.7. The highest BCUT2D eigenvalue weighted by atomic mass is 16.2. The van der Waals surface area contributed by atoms with Gasteiger partial charge in [-0.1, -0.05) is 6.07 Å². The first-order chi connectivity index (χ1) is 9.65. The van der Waals surface area contributed by atoms with Crippen molar-refractivity contribution in [1.29, 1.82) is 0 Å². The second kappa shape index (κ2) is 6.70. The Balaban J connectivity index is 1.80. The lowest BCUT2D eigenvalue weighted by Gasteiger charge is -2.18. The van der Waals surface area contributed by atoms with Crippen LogP contribution < -0.4 is 10.6 Å². The third kappa shape index (κ3) is 4.08. The lowest BCUT2D eigenvalue weighted by Crippen LogP contribution is -2.43. The van der Waals surface area contributed by atoms with Crippen molar-refractivity contribution in [3.8, 4) is 0 Å². The zero-order chi connectivity index (χ0) is 14.4. The molecule has 0 aliphatic heterocycles. The highest BCUT2D eigenvalue weighted by Gasteiger charge is 2.12. The molecule has 0 saturated heterocycles. The summed E-state index contributed by atoms with van der Waals surface area (Å²) >= 11 is 0. The summed E-state index contributed by atoms with van der Waals surface area (Å²) < 4.78 is 1.78. The van der Waals surface area contributed by atoms with Crippen molar-refractivity contribution >= 4 is 6.03 Å². The number of urea groups is 1. The van der Waals surface area contributed by atoms with Crippen molar-refractivity contribution in [2.75, 3.05) is 0 Å². The molecule has 2 aromatic heterocycles. The Bertz CT molecular complexity index is 526. The van der Waals surface area contributed by atoms with Crippen LogP contribution in [-0.2, 0) is 6.54 Å². The van der Waals surface area contributed by atoms with Gasteiger partial charge in [0.15, 0.2) is 0 Å². The number of carbonyl (C=O) groups excluding carboxylic acids is 1. The van der Waals surface area contributed by atoms with Crippen molar-refractivity contribution in [2.24, 2.45) is 0 Å². The highest BCUT2D eigenvalue weighted by molar-refractivity contribution is 5.74. The van der Waals surface area contributed by atoms with Crippen LogP contribution >= 0.6 is 0 Å². The molecule has 2 N–H and O–H groups in total. The van der Waals surface area contributed by atoms with E-state index in [1.54, 1.807) is 17.1 Å². The molecule has 2 heterocycles. The monoisotopic (exact) mass is 273 g/mol. The number of nitrogens with one attached hydrogen (secondary N) is 2. The second-order valence-corrected chi connectivity index (χ2v) is 4.72. The van der Waals surface area contributed by atoms with Gasteiger partial charge in [0.05, 0.1) is 18.3 Å². The van der Waals surface area contributed by atoms with Gasteiger partial charge in [0.2, 0.25) is 0 Å². The number of nitrogens with zero attached hydrogens (tertiary/aromatic N) is 3. The zero-order valence-corrected chi connectivity index (χ0v) is 11.7. The Kier molecular flexibility index (Phi) is 4.70. The van der Waals surface area contributed by atoms with Crippen LogP contribution in [0.15, 0.2) is 42.9 Å². The summed E-state index contributed by atoms with van der Waals surface area (Å²) in [6.45, 7) is 4.48. The van der Waals surface area contributed by atoms with E-state index in [0.717, 1.165) is 5.69 Å². The first kappa shape index (κ1) is 14.0. The summed E-state index contributed by atoms with van der Waals surface area (Å²) in [7, 11) is 0. The van der Waals surface area contributed by atoms with Crippen molar-refractivity contribution in [1.82, 2.24) is 25.4 Å². The Hall–Kier alpha value is -2.37. The fourth-order valence-corrected chi connectivity index (χ4v) is 1.90. The maximum atomic E-state index is 11.9. The van der Waals surface area contributed by atoms with Gasteiger partial charge in [-0.3, -0.25) is 9.67 Å². The van der Waals surface area contributed by atoms with Gasteiger partial charge >= 0.3 is 6.03 Å². The Morgan fingerprint density at radius 2 is 2.10 bits per heavy atom. The van der Waals surface area contributed by atoms with Crippen LogP contribution in [0.5, 0.6) is 0 Å². The Labute approximate surface area is 118 Å². The molecule has 20 heavy (non-hydrogen) atoms. The summed E-state index contributed by atoms with van der Waals surface area (Å²) in [6.07, 6.45) is 5.30. The molecule has 0 unspecified atom stereocenters. The summed E-state index contributed by atoms with van der Waals surface area (Å²) in [6, 6.07) is 7.15. The SMILES string of the molecule is C[C@H](Cn1cccn1)NC(=O)N[C@H](C)c1ccccn1. The highest BCUT2D eigenvalue weighted by Crippen LogP contribution is 2.07. The lowest BCUT2D eigenvalue weighted by atomic mass is 10.2. The standard InChI is InChI=1S/C14H19N5O/c1-11(10-19-9-5-8-16-19)17-14(20)18-12(2)13-6-3-4-7-15-13/h3-9,11-12H,10H2,1-2H3,(H2,17,18,20)/t11-,12-/m1/s1. The van der Waals surface area contributed by atoms with E-state index in [1.807, 2.05) is 44.3 Å². The molecule has 0 spiro atoms. The van der Waals surface area contributed by atoms with Gasteiger partial charge in [-0.2, -0.15) is 5.10 Å². The molecule has 2 rings (SSSR count). The summed E-state index contributed by atoms with van der Waals surface area (Å²) in [5, 5.41) is 9.85. The molecule has 0 aromatic carbocycles. The maximum absolute atomic E-state index is 11.9. The molecule has 106 valence electrons. The number of pyridine rings is 1. The third-order valence-corrected chi connectivity index (χ3v) is 2.88. The lowest BCUT2D eigenvalue weighted by molar-refractivity contribution is 0.233. The molecule has 2 aromatic rings. The molecule has 6 nitrogen and oxygen atoms in total. The van der Waals surface area contributed by atoms with Crippen LogP contribution in [0, 0.1) is 0 Å². The number of hydrogen-bond donors (Lipinski definition) is 2. The van der Waals surface area contributed by atoms with Crippen LogP contribution in [0.3, 0.4) is 0 Å². The first-order valence-corrected chi connectivity index (χ1v) is 6.60. The van der Waals surface area contributed by atoms with Crippen LogP contribution in [0.25, 0.3) is 0 Å². The van der Waals surface area contributed by atoms with E-state index in [-0.39, 0.29) is 18.1 Å². The van der Waals surface area contributed by atoms with E-state index in [0.29, 0.717) is 6.54 Å². The summed E-state index contributed by atoms with van der Waals surface area (Å²) in [4.78, 5) is 16.1. The molecule has 0 saturated carbocycles. The average Bonchev–Trinajstić information content (AvgIpc) is 2.92. The fraction of sp³-hybridized carbons (Fsp3) is 0.357. The van der Waals surface area contributed by atoms with E-state index in [1.165, 1.54) is 0 Å². The molecule has 0 fully saturated rings. The third-order valence-electron chi connectivity index (χ3n) is 2.88. The van der Waals surface area contributed by atoms with Crippen molar-refractivity contribution in [3.63, 3.8) is 0 Å². The van der Waals surface area contributed by atoms with Gasteiger partial charge in [0, 0.05) is 24.6 Å². The van der Waals surface area contributed by atoms with Gasteiger partial charge in [0.1, 0.15) is 0 Å². The van der Waals surface area contributed by atoms with Crippen LogP contribution in [0.1, 0.15) is 25.6 Å². The molecule has 0 bridgehead atoms. The molecule has 0 aliphatic rings. The van der Waals surface area contributed by atoms with E-state index >= 15 is 0 Å². The molecule has 2 amide bonds. The van der Waals surface area contributed by atoms with Gasteiger partial charge in [0.25, 0.3) is 0 Å². The number of carbonyl (C=O) groups is 1. The summed E-state index contributed by atoms with van der Waals surface area (Å²) in [5.41, 5.74) is 0.836. The number of rotatable bonds is 5. The molecular weight excluding hydrogens is 254 g/mol. The smallest absolute Gasteiger partial charge is 0.315 e. The fourth-order valence-electron chi connectivity index (χ4n) is 1.90. The van der Waals surface area contributed by atoms with Crippen molar-refractivity contribution in [2.45, 2.75) is 32.5 Å². The van der Waals surface area contributed by atoms with E-state index in [2.05, 4.69) is 20.7 Å². The maximum Gasteiger partial charge on any atom is 0.315 e. The van der Waals surface area contributed by atoms with Crippen LogP contribution in [-0.4, -0.2) is 26.8 Å². The topological polar surface area (TPSA) is 71.8 Å². The van der Waals surface area contributed by atoms with E-state index in [4.69, 9.17) is 0 Å².